The van der Waals surface area contributed by atoms with Crippen molar-refractivity contribution in [2.45, 2.75) is 192 Å². The van der Waals surface area contributed by atoms with Crippen molar-refractivity contribution in [2.24, 2.45) is 35.3 Å². The van der Waals surface area contributed by atoms with Gasteiger partial charge < -0.3 is 61.8 Å². The van der Waals surface area contributed by atoms with Crippen LogP contribution in [0.3, 0.4) is 0 Å². The summed E-state index contributed by atoms with van der Waals surface area (Å²) in [7, 11) is 0. The number of carbonyl (C=O) groups is 10. The van der Waals surface area contributed by atoms with E-state index in [1.165, 1.54) is 12.5 Å². The lowest BCUT2D eigenvalue weighted by Gasteiger charge is -2.27. The van der Waals surface area contributed by atoms with E-state index in [1.54, 1.807) is 24.0 Å². The SMILES string of the molecule is CC(C)C[C@H]1CC(=O)[C@@H](CC(C)C)NC(=O)[C@@H](C)CC(=O)[C@@H](Cc2cnc[nH]2)NC(=O)[C@@H](CC(=O)COCCOCCOCCCC(=O)CCCC[C@H]2SC[C@H]3NC(=O)N[C@H]32)Cc2cn(nn2)CCCC[C@@H](C(N)=O)NC(=O)[C@@H](Cc2c[nH]c3ccccc23)NC1=O. The molecular weight excluding hydrogens is 1200 g/mol. The number of para-hydroxylation sites is 1. The van der Waals surface area contributed by atoms with Crippen LogP contribution in [0.25, 0.3) is 10.9 Å². The van der Waals surface area contributed by atoms with Gasteiger partial charge in [0.1, 0.15) is 24.5 Å². The van der Waals surface area contributed by atoms with Crippen LogP contribution in [0.5, 0.6) is 0 Å². The first-order valence-electron chi connectivity index (χ1n) is 32.6. The van der Waals surface area contributed by atoms with E-state index in [0.717, 1.165) is 41.5 Å². The van der Waals surface area contributed by atoms with Crippen LogP contribution in [-0.4, -0.2) is 176 Å². The predicted molar refractivity (Wildman–Crippen MR) is 343 cm³/mol. The number of aromatic nitrogens is 6. The molecule has 504 valence electrons. The predicted octanol–water partition coefficient (Wildman–Crippen LogP) is 4.08. The number of thioether (sulfide) groups is 1. The molecule has 3 aliphatic rings. The van der Waals surface area contributed by atoms with Crippen LogP contribution in [0.2, 0.25) is 0 Å². The number of rotatable bonds is 28. The van der Waals surface area contributed by atoms with Crippen molar-refractivity contribution in [3.05, 3.63) is 66.1 Å². The number of nitrogens with two attached hydrogens (primary N) is 1. The standard InChI is InChI=1S/C65H95N13O13S/c1-39(2)25-42-31-57(82)52(26-40(3)4)71-61(84)41(5)27-56(81)53(32-45-34-67-38-69-45)72-63(86)43(29-48(80)36-91-24-23-90-22-21-89-20-12-14-47(79)13-6-9-18-58-59-55(37-92-58)74-65(88)75-59)28-46-35-78(77-76-46)19-11-10-17-51(60(66)83)70-64(87)54(73-62(42)85)30-44-33-68-50-16-8-7-15-49(44)50/h7-8,15-16,33-35,38-43,51-55,58-59,68H,6,9-14,17-32,36-37H2,1-5H3,(H2,66,83)(H,67,69)(H,70,87)(H,71,84)(H,72,86)(H,73,85)(H2,74,75,88)/t41-,42-,43+,51-,52+,53+,54+,55+,58+,59+/m0/s1. The molecule has 92 heavy (non-hydrogen) atoms. The summed E-state index contributed by atoms with van der Waals surface area (Å²) in [5.41, 5.74) is 8.34. The number of Topliss-reactive ketones (excluding diaryl/α,β-unsaturated/α-hetero) is 4. The van der Waals surface area contributed by atoms with Crippen molar-refractivity contribution in [1.82, 2.24) is 61.8 Å². The van der Waals surface area contributed by atoms with E-state index in [0.29, 0.717) is 68.5 Å². The number of benzene rings is 1. The molecule has 0 aliphatic carbocycles. The smallest absolute Gasteiger partial charge is 0.315 e. The highest BCUT2D eigenvalue weighted by atomic mass is 32.2. The molecule has 7 rings (SSSR count). The molecule has 0 saturated carbocycles. The summed E-state index contributed by atoms with van der Waals surface area (Å²) in [6.45, 7) is 10.4. The lowest BCUT2D eigenvalue weighted by Crippen LogP contribution is -2.54. The zero-order valence-corrected chi connectivity index (χ0v) is 54.6. The van der Waals surface area contributed by atoms with Gasteiger partial charge in [0, 0.05) is 123 Å². The summed E-state index contributed by atoms with van der Waals surface area (Å²) >= 11 is 1.87. The molecule has 27 heteroatoms. The van der Waals surface area contributed by atoms with Crippen LogP contribution in [0.1, 0.15) is 141 Å². The number of imidazole rings is 1. The number of aromatic amines is 2. The number of urea groups is 1. The number of nitrogens with one attached hydrogen (secondary N) is 8. The number of ether oxygens (including phenoxy) is 3. The van der Waals surface area contributed by atoms with Gasteiger partial charge in [0.2, 0.25) is 29.5 Å². The summed E-state index contributed by atoms with van der Waals surface area (Å²) < 4.78 is 18.6. The average molecular weight is 1300 g/mol. The fraction of sp³-hybridized carbons (Fsp3) is 0.646. The van der Waals surface area contributed by atoms with Gasteiger partial charge in [0.15, 0.2) is 17.3 Å². The number of hydrogen-bond donors (Lipinski definition) is 9. The molecule has 0 unspecified atom stereocenters. The first kappa shape index (κ1) is 72.1. The summed E-state index contributed by atoms with van der Waals surface area (Å²) in [6, 6.07) is 3.24. The molecule has 3 aliphatic heterocycles. The van der Waals surface area contributed by atoms with Gasteiger partial charge in [-0.1, -0.05) is 64.5 Å². The zero-order chi connectivity index (χ0) is 66.1. The third kappa shape index (κ3) is 23.3. The Kier molecular flexibility index (Phi) is 28.8. The van der Waals surface area contributed by atoms with Crippen LogP contribution in [0, 0.1) is 29.6 Å². The molecule has 3 aromatic heterocycles. The molecule has 10 N–H and O–H groups in total. The van der Waals surface area contributed by atoms with Crippen molar-refractivity contribution in [1.29, 1.82) is 0 Å². The minimum atomic E-state index is -1.20. The van der Waals surface area contributed by atoms with Gasteiger partial charge in [0.05, 0.1) is 68.5 Å². The molecule has 10 atom stereocenters. The molecule has 26 nitrogen and oxygen atoms in total. The Morgan fingerprint density at radius 1 is 0.707 bits per heavy atom. The number of hydrogen-bond acceptors (Lipinski definition) is 17. The van der Waals surface area contributed by atoms with E-state index in [9.17, 15) is 47.9 Å². The zero-order valence-electron chi connectivity index (χ0n) is 53.8. The Labute approximate surface area is 541 Å². The van der Waals surface area contributed by atoms with Crippen LogP contribution in [0.15, 0.2) is 49.2 Å². The van der Waals surface area contributed by atoms with E-state index < -0.39 is 88.8 Å². The maximum absolute atomic E-state index is 14.5. The third-order valence-corrected chi connectivity index (χ3v) is 18.4. The van der Waals surface area contributed by atoms with Crippen LogP contribution < -0.4 is 37.6 Å². The highest BCUT2D eigenvalue weighted by molar-refractivity contribution is 8.00. The fourth-order valence-corrected chi connectivity index (χ4v) is 13.5. The maximum Gasteiger partial charge on any atom is 0.315 e. The highest BCUT2D eigenvalue weighted by Crippen LogP contribution is 2.33. The molecule has 2 saturated heterocycles. The van der Waals surface area contributed by atoms with Gasteiger partial charge in [-0.2, -0.15) is 11.8 Å². The topological polar surface area (TPSA) is 372 Å². The molecule has 1 aromatic carbocycles. The molecule has 0 spiro atoms. The van der Waals surface area contributed by atoms with Crippen molar-refractivity contribution >= 4 is 81.4 Å². The number of amides is 7. The Morgan fingerprint density at radius 2 is 1.41 bits per heavy atom. The van der Waals surface area contributed by atoms with Gasteiger partial charge in [0.25, 0.3) is 0 Å². The van der Waals surface area contributed by atoms with Crippen molar-refractivity contribution in [2.75, 3.05) is 45.4 Å². The summed E-state index contributed by atoms with van der Waals surface area (Å²) in [5, 5.41) is 27.2. The van der Waals surface area contributed by atoms with Crippen LogP contribution >= 0.6 is 11.8 Å². The first-order valence-corrected chi connectivity index (χ1v) is 33.7. The second kappa shape index (κ2) is 36.8. The normalized spacial score (nSPS) is 24.4. The summed E-state index contributed by atoms with van der Waals surface area (Å²) in [6.07, 6.45) is 11.2. The van der Waals surface area contributed by atoms with Gasteiger partial charge in [-0.15, -0.1) is 5.10 Å². The lowest BCUT2D eigenvalue weighted by atomic mass is 9.87. The average Bonchev–Trinajstić information content (AvgIpc) is 2.45. The van der Waals surface area contributed by atoms with E-state index in [2.05, 4.69) is 57.2 Å². The maximum atomic E-state index is 14.5. The number of ketones is 4. The Hall–Kier alpha value is -7.36. The van der Waals surface area contributed by atoms with Gasteiger partial charge in [-0.05, 0) is 74.8 Å². The Balaban J connectivity index is 0.977. The fourth-order valence-electron chi connectivity index (χ4n) is 12.0. The van der Waals surface area contributed by atoms with Crippen LogP contribution in [-0.2, 0) is 83.2 Å². The van der Waals surface area contributed by atoms with Crippen molar-refractivity contribution < 1.29 is 62.2 Å². The molecule has 0 radical (unpaired) electrons. The van der Waals surface area contributed by atoms with Crippen LogP contribution in [0.4, 0.5) is 4.79 Å². The summed E-state index contributed by atoms with van der Waals surface area (Å²) in [4.78, 5) is 148. The number of nitrogens with zero attached hydrogens (tertiary/aromatic N) is 4. The van der Waals surface area contributed by atoms with Crippen molar-refractivity contribution in [3.8, 4) is 0 Å². The number of aryl methyl sites for hydroxylation is 1. The van der Waals surface area contributed by atoms with Gasteiger partial charge in [-0.3, -0.25) is 47.8 Å². The number of H-pyrrole nitrogens is 2. The highest BCUT2D eigenvalue weighted by Gasteiger charge is 2.43. The molecule has 7 amide bonds. The monoisotopic (exact) mass is 1300 g/mol. The second-order valence-electron chi connectivity index (χ2n) is 25.6. The number of carbonyl (C=O) groups excluding carboxylic acids is 10. The van der Waals surface area contributed by atoms with Gasteiger partial charge in [-0.25, -0.2) is 9.78 Å². The van der Waals surface area contributed by atoms with Crippen molar-refractivity contribution in [3.63, 3.8) is 0 Å². The molecule has 6 heterocycles. The Bertz CT molecular complexity index is 3100. The number of fused-ring (bicyclic) bond motifs is 4. The minimum absolute atomic E-state index is 0.0260. The Morgan fingerprint density at radius 3 is 2.16 bits per heavy atom. The minimum Gasteiger partial charge on any atom is -0.379 e. The van der Waals surface area contributed by atoms with Gasteiger partial charge >= 0.3 is 6.03 Å². The third-order valence-electron chi connectivity index (χ3n) is 16.9. The number of primary amides is 1. The van der Waals surface area contributed by atoms with E-state index >= 15 is 0 Å². The first-order chi connectivity index (χ1) is 44.2. The van der Waals surface area contributed by atoms with E-state index in [4.69, 9.17) is 19.9 Å². The molecule has 2 fully saturated rings. The quantitative estimate of drug-likeness (QED) is 0.0286. The lowest BCUT2D eigenvalue weighted by molar-refractivity contribution is -0.136. The summed E-state index contributed by atoms with van der Waals surface area (Å²) in [5.74, 6) is -6.50. The largest absolute Gasteiger partial charge is 0.379 e. The molecule has 2 bridgehead atoms. The van der Waals surface area contributed by atoms with E-state index in [-0.39, 0.29) is 120 Å². The second-order valence-corrected chi connectivity index (χ2v) is 26.9. The molecule has 4 aromatic rings. The molecular formula is C65H95N13O13S. The van der Waals surface area contributed by atoms with E-state index in [1.807, 2.05) is 63.7 Å². The number of unbranched alkanes of at least 4 members (excludes halogenated alkanes) is 1.